The predicted molar refractivity (Wildman–Crippen MR) is 62.6 cm³/mol. The van der Waals surface area contributed by atoms with Gasteiger partial charge in [0.2, 0.25) is 0 Å². The quantitative estimate of drug-likeness (QED) is 0.851. The number of nitrogens with one attached hydrogen (secondary N) is 1. The number of carbonyl (C=O) groups is 2. The molecule has 0 aliphatic heterocycles. The Labute approximate surface area is 110 Å². The summed E-state index contributed by atoms with van der Waals surface area (Å²) in [5.74, 6) is -2.19. The Morgan fingerprint density at radius 1 is 1.15 bits per heavy atom. The zero-order valence-corrected chi connectivity index (χ0v) is 9.86. The van der Waals surface area contributed by atoms with Gasteiger partial charge in [0, 0.05) is 17.3 Å². The van der Waals surface area contributed by atoms with Gasteiger partial charge in [-0.05, 0) is 12.1 Å². The molecule has 0 unspecified atom stereocenters. The third-order valence-corrected chi connectivity index (χ3v) is 2.65. The average Bonchev–Trinajstić information content (AvgIpc) is 2.86. The number of benzene rings is 1. The van der Waals surface area contributed by atoms with Gasteiger partial charge >= 0.3 is 12.1 Å². The van der Waals surface area contributed by atoms with Gasteiger partial charge in [0.15, 0.2) is 5.78 Å². The van der Waals surface area contributed by atoms with E-state index >= 15 is 0 Å². The van der Waals surface area contributed by atoms with E-state index in [1.165, 1.54) is 12.1 Å². The summed E-state index contributed by atoms with van der Waals surface area (Å²) in [6.07, 6.45) is -3.59. The van der Waals surface area contributed by atoms with Crippen LogP contribution < -0.4 is 0 Å². The molecule has 0 radical (unpaired) electrons. The third kappa shape index (κ3) is 2.56. The van der Waals surface area contributed by atoms with Crippen molar-refractivity contribution in [2.75, 3.05) is 0 Å². The SMILES string of the molecule is O=C(O)c1cc(C(=O)c2ccccc2C(F)(F)F)c[nH]1. The van der Waals surface area contributed by atoms with Gasteiger partial charge in [-0.15, -0.1) is 0 Å². The molecule has 0 saturated heterocycles. The lowest BCUT2D eigenvalue weighted by molar-refractivity contribution is -0.137. The van der Waals surface area contributed by atoms with Gasteiger partial charge in [0.05, 0.1) is 5.56 Å². The smallest absolute Gasteiger partial charge is 0.417 e. The van der Waals surface area contributed by atoms with Gasteiger partial charge in [0.25, 0.3) is 0 Å². The van der Waals surface area contributed by atoms with Crippen LogP contribution in [0.15, 0.2) is 36.5 Å². The van der Waals surface area contributed by atoms with Crippen molar-refractivity contribution in [2.24, 2.45) is 0 Å². The number of ketones is 1. The number of carboxylic acids is 1. The number of halogens is 3. The molecule has 104 valence electrons. The number of H-pyrrole nitrogens is 1. The van der Waals surface area contributed by atoms with Crippen molar-refractivity contribution in [2.45, 2.75) is 6.18 Å². The van der Waals surface area contributed by atoms with Crippen molar-refractivity contribution in [3.8, 4) is 0 Å². The molecular formula is C13H8F3NO3. The van der Waals surface area contributed by atoms with Crippen LogP contribution in [0.5, 0.6) is 0 Å². The van der Waals surface area contributed by atoms with E-state index in [2.05, 4.69) is 4.98 Å². The molecule has 2 rings (SSSR count). The molecule has 1 heterocycles. The van der Waals surface area contributed by atoms with Gasteiger partial charge in [-0.1, -0.05) is 18.2 Å². The van der Waals surface area contributed by atoms with E-state index in [0.29, 0.717) is 0 Å². The van der Waals surface area contributed by atoms with Gasteiger partial charge in [-0.2, -0.15) is 13.2 Å². The zero-order valence-electron chi connectivity index (χ0n) is 9.86. The molecule has 0 bridgehead atoms. The molecule has 2 N–H and O–H groups in total. The minimum Gasteiger partial charge on any atom is -0.477 e. The van der Waals surface area contributed by atoms with E-state index in [0.717, 1.165) is 24.4 Å². The third-order valence-electron chi connectivity index (χ3n) is 2.65. The highest BCUT2D eigenvalue weighted by Gasteiger charge is 2.35. The number of carboxylic acid groups (broad SMARTS) is 1. The molecule has 0 aliphatic rings. The van der Waals surface area contributed by atoms with Crippen LogP contribution in [0.25, 0.3) is 0 Å². The molecule has 4 nitrogen and oxygen atoms in total. The van der Waals surface area contributed by atoms with E-state index in [4.69, 9.17) is 5.11 Å². The van der Waals surface area contributed by atoms with E-state index in [-0.39, 0.29) is 11.3 Å². The van der Waals surface area contributed by atoms with Crippen LogP contribution in [0, 0.1) is 0 Å². The lowest BCUT2D eigenvalue weighted by atomic mass is 9.99. The summed E-state index contributed by atoms with van der Waals surface area (Å²) in [7, 11) is 0. The maximum absolute atomic E-state index is 12.8. The Balaban J connectivity index is 2.46. The monoisotopic (exact) mass is 283 g/mol. The van der Waals surface area contributed by atoms with Gasteiger partial charge < -0.3 is 10.1 Å². The Kier molecular flexibility index (Phi) is 3.35. The number of hydrogen-bond donors (Lipinski definition) is 2. The molecule has 0 spiro atoms. The highest BCUT2D eigenvalue weighted by atomic mass is 19.4. The van der Waals surface area contributed by atoms with Crippen molar-refractivity contribution in [1.82, 2.24) is 4.98 Å². The molecule has 2 aromatic rings. The molecule has 7 heteroatoms. The number of carbonyl (C=O) groups excluding carboxylic acids is 1. The Morgan fingerprint density at radius 2 is 1.80 bits per heavy atom. The van der Waals surface area contributed by atoms with Gasteiger partial charge in [-0.25, -0.2) is 4.79 Å². The number of aromatic carboxylic acids is 1. The Hall–Kier alpha value is -2.57. The fourth-order valence-corrected chi connectivity index (χ4v) is 1.73. The molecule has 20 heavy (non-hydrogen) atoms. The standard InChI is InChI=1S/C13H8F3NO3/c14-13(15,16)9-4-2-1-3-8(9)11(18)7-5-10(12(19)20)17-6-7/h1-6,17H,(H,19,20). The first-order chi connectivity index (χ1) is 9.30. The summed E-state index contributed by atoms with van der Waals surface area (Å²) in [5, 5.41) is 8.71. The van der Waals surface area contributed by atoms with Crippen LogP contribution in [0.1, 0.15) is 32.0 Å². The number of aromatic nitrogens is 1. The molecule has 1 aromatic carbocycles. The topological polar surface area (TPSA) is 70.2 Å². The van der Waals surface area contributed by atoms with Crippen molar-refractivity contribution in [3.63, 3.8) is 0 Å². The van der Waals surface area contributed by atoms with Gasteiger partial charge in [0.1, 0.15) is 5.69 Å². The summed E-state index contributed by atoms with van der Waals surface area (Å²) in [6.45, 7) is 0. The second-order valence-electron chi connectivity index (χ2n) is 3.98. The summed E-state index contributed by atoms with van der Waals surface area (Å²) in [4.78, 5) is 25.0. The van der Waals surface area contributed by atoms with Crippen molar-refractivity contribution < 1.29 is 27.9 Å². The molecule has 0 atom stereocenters. The number of hydrogen-bond acceptors (Lipinski definition) is 2. The average molecular weight is 283 g/mol. The van der Waals surface area contributed by atoms with Crippen LogP contribution in [0.2, 0.25) is 0 Å². The zero-order chi connectivity index (χ0) is 14.9. The Bertz CT molecular complexity index is 673. The van der Waals surface area contributed by atoms with Crippen LogP contribution >= 0.6 is 0 Å². The van der Waals surface area contributed by atoms with Crippen molar-refractivity contribution in [1.29, 1.82) is 0 Å². The van der Waals surface area contributed by atoms with Crippen molar-refractivity contribution >= 4 is 11.8 Å². The minimum absolute atomic E-state index is 0.140. The largest absolute Gasteiger partial charge is 0.477 e. The fourth-order valence-electron chi connectivity index (χ4n) is 1.73. The number of rotatable bonds is 3. The first-order valence-electron chi connectivity index (χ1n) is 5.43. The molecule has 0 amide bonds. The molecular weight excluding hydrogens is 275 g/mol. The summed E-state index contributed by atoms with van der Waals surface area (Å²) < 4.78 is 38.4. The van der Waals surface area contributed by atoms with Crippen LogP contribution in [-0.2, 0) is 6.18 Å². The number of alkyl halides is 3. The summed E-state index contributed by atoms with van der Waals surface area (Å²) in [6, 6.07) is 5.35. The first kappa shape index (κ1) is 13.9. The van der Waals surface area contributed by atoms with E-state index in [1.807, 2.05) is 0 Å². The maximum atomic E-state index is 12.8. The lowest BCUT2D eigenvalue weighted by Gasteiger charge is -2.10. The van der Waals surface area contributed by atoms with Gasteiger partial charge in [-0.3, -0.25) is 4.79 Å². The lowest BCUT2D eigenvalue weighted by Crippen LogP contribution is -2.13. The minimum atomic E-state index is -4.65. The van der Waals surface area contributed by atoms with Crippen molar-refractivity contribution in [3.05, 3.63) is 58.9 Å². The Morgan fingerprint density at radius 3 is 2.35 bits per heavy atom. The molecule has 1 aromatic heterocycles. The second-order valence-corrected chi connectivity index (χ2v) is 3.98. The predicted octanol–water partition coefficient (Wildman–Crippen LogP) is 2.96. The first-order valence-corrected chi connectivity index (χ1v) is 5.43. The van der Waals surface area contributed by atoms with E-state index < -0.39 is 29.1 Å². The molecule has 0 saturated carbocycles. The van der Waals surface area contributed by atoms with E-state index in [1.54, 1.807) is 0 Å². The summed E-state index contributed by atoms with van der Waals surface area (Å²) in [5.41, 5.74) is -1.98. The van der Waals surface area contributed by atoms with Crippen LogP contribution in [0.4, 0.5) is 13.2 Å². The highest BCUT2D eigenvalue weighted by Crippen LogP contribution is 2.32. The normalized spacial score (nSPS) is 11.3. The van der Waals surface area contributed by atoms with Crippen LogP contribution in [0.3, 0.4) is 0 Å². The second kappa shape index (κ2) is 4.84. The van der Waals surface area contributed by atoms with Crippen LogP contribution in [-0.4, -0.2) is 21.8 Å². The van der Waals surface area contributed by atoms with E-state index in [9.17, 15) is 22.8 Å². The fraction of sp³-hybridized carbons (Fsp3) is 0.0769. The molecule has 0 aliphatic carbocycles. The molecule has 0 fully saturated rings. The summed E-state index contributed by atoms with van der Waals surface area (Å²) >= 11 is 0. The number of aromatic amines is 1. The maximum Gasteiger partial charge on any atom is 0.417 e. The highest BCUT2D eigenvalue weighted by molar-refractivity contribution is 6.10.